The lowest BCUT2D eigenvalue weighted by Crippen LogP contribution is -2.60. The van der Waals surface area contributed by atoms with Gasteiger partial charge in [-0.05, 0) is 75.7 Å². The van der Waals surface area contributed by atoms with E-state index in [1.54, 1.807) is 6.07 Å². The highest BCUT2D eigenvalue weighted by Gasteiger charge is 2.37. The number of rotatable bonds is 5. The Bertz CT molecular complexity index is 1140. The lowest BCUT2D eigenvalue weighted by Gasteiger charge is -2.49. The number of anilines is 2. The number of hydrogen-bond donors (Lipinski definition) is 3. The molecule has 3 saturated heterocycles. The molecule has 1 aromatic heterocycles. The Morgan fingerprint density at radius 2 is 1.55 bits per heavy atom. The highest BCUT2D eigenvalue weighted by atomic mass is 16.3. The van der Waals surface area contributed by atoms with Crippen LogP contribution < -0.4 is 15.5 Å². The van der Waals surface area contributed by atoms with Crippen LogP contribution in [0, 0.1) is 5.92 Å². The Balaban J connectivity index is 0.908. The summed E-state index contributed by atoms with van der Waals surface area (Å²) in [5.41, 5.74) is 2.58. The zero-order valence-electron chi connectivity index (χ0n) is 23.8. The molecule has 1 aromatic carbocycles. The molecule has 4 fully saturated rings. The number of phenols is 1. The summed E-state index contributed by atoms with van der Waals surface area (Å²) in [6, 6.07) is 11.4. The Kier molecular flexibility index (Phi) is 7.80. The van der Waals surface area contributed by atoms with Gasteiger partial charge < -0.3 is 30.4 Å². The minimum absolute atomic E-state index is 0.247. The molecule has 1 aliphatic carbocycles. The molecule has 1 saturated carbocycles. The van der Waals surface area contributed by atoms with Crippen molar-refractivity contribution in [3.05, 3.63) is 30.3 Å². The van der Waals surface area contributed by atoms with Crippen molar-refractivity contribution >= 4 is 11.5 Å². The molecule has 0 radical (unpaired) electrons. The zero-order chi connectivity index (χ0) is 26.9. The average Bonchev–Trinajstić information content (AvgIpc) is 3.02. The van der Waals surface area contributed by atoms with E-state index in [1.807, 2.05) is 18.2 Å². The SMILES string of the molecule is Oc1ccccc1-c1cc2c(nn1)NC[C@H]1CN(C3CCC(N4CCC(CN5CCNCC5)CC4)CC3)CCN21. The Labute approximate surface area is 238 Å². The summed E-state index contributed by atoms with van der Waals surface area (Å²) in [5, 5.41) is 26.3. The lowest BCUT2D eigenvalue weighted by atomic mass is 9.86. The second-order valence-electron chi connectivity index (χ2n) is 12.7. The monoisotopic (exact) mass is 546 g/mol. The van der Waals surface area contributed by atoms with Crippen LogP contribution in [-0.4, -0.2) is 120 Å². The minimum Gasteiger partial charge on any atom is -0.507 e. The van der Waals surface area contributed by atoms with Gasteiger partial charge in [0.25, 0.3) is 0 Å². The van der Waals surface area contributed by atoms with E-state index in [4.69, 9.17) is 0 Å². The number of benzene rings is 1. The van der Waals surface area contributed by atoms with Gasteiger partial charge in [0.15, 0.2) is 5.82 Å². The number of hydrogen-bond acceptors (Lipinski definition) is 9. The smallest absolute Gasteiger partial charge is 0.172 e. The van der Waals surface area contributed by atoms with Crippen molar-refractivity contribution in [3.63, 3.8) is 0 Å². The van der Waals surface area contributed by atoms with Crippen LogP contribution in [0.4, 0.5) is 11.5 Å². The molecule has 3 N–H and O–H groups in total. The fourth-order valence-electron chi connectivity index (χ4n) is 8.01. The van der Waals surface area contributed by atoms with Crippen molar-refractivity contribution in [1.29, 1.82) is 0 Å². The van der Waals surface area contributed by atoms with Crippen molar-refractivity contribution < 1.29 is 5.11 Å². The van der Waals surface area contributed by atoms with E-state index in [9.17, 15) is 5.11 Å². The standard InChI is InChI=1S/C31H46N8O/c40-30-4-2-1-3-27(30)28-19-29-31(35-34-28)33-20-26-22-38(17-18-39(26)29)25-7-5-24(6-8-25)37-13-9-23(10-14-37)21-36-15-11-32-12-16-36/h1-4,19,23-26,32,40H,5-18,20-22H2,(H,33,35)/t24?,25?,26-/m0/s1. The summed E-state index contributed by atoms with van der Waals surface area (Å²) in [7, 11) is 0. The molecule has 0 amide bonds. The molecule has 9 heteroatoms. The highest BCUT2D eigenvalue weighted by Crippen LogP contribution is 2.37. The second kappa shape index (κ2) is 11.8. The Hall–Kier alpha value is -2.46. The molecule has 5 aliphatic rings. The van der Waals surface area contributed by atoms with Crippen LogP contribution in [0.1, 0.15) is 38.5 Å². The first-order valence-electron chi connectivity index (χ1n) is 15.8. The first-order chi connectivity index (χ1) is 19.7. The predicted octanol–water partition coefficient (Wildman–Crippen LogP) is 2.69. The second-order valence-corrected chi connectivity index (χ2v) is 12.7. The van der Waals surface area contributed by atoms with E-state index in [2.05, 4.69) is 46.5 Å². The van der Waals surface area contributed by atoms with Gasteiger partial charge in [-0.1, -0.05) is 12.1 Å². The summed E-state index contributed by atoms with van der Waals surface area (Å²) in [5.74, 6) is 2.01. The topological polar surface area (TPSA) is 83.0 Å². The van der Waals surface area contributed by atoms with Crippen LogP contribution in [-0.2, 0) is 0 Å². The van der Waals surface area contributed by atoms with Crippen molar-refractivity contribution in [1.82, 2.24) is 30.2 Å². The summed E-state index contributed by atoms with van der Waals surface area (Å²) >= 11 is 0. The number of para-hydroxylation sites is 1. The van der Waals surface area contributed by atoms with Gasteiger partial charge in [0, 0.05) is 76.5 Å². The van der Waals surface area contributed by atoms with E-state index in [0.29, 0.717) is 6.04 Å². The van der Waals surface area contributed by atoms with Crippen LogP contribution in [0.15, 0.2) is 30.3 Å². The number of aromatic nitrogens is 2. The van der Waals surface area contributed by atoms with Crippen molar-refractivity contribution in [3.8, 4) is 17.0 Å². The van der Waals surface area contributed by atoms with E-state index in [1.165, 1.54) is 71.2 Å². The van der Waals surface area contributed by atoms with Gasteiger partial charge in [-0.25, -0.2) is 0 Å². The number of piperidine rings is 1. The number of nitrogens with zero attached hydrogens (tertiary/aromatic N) is 6. The molecular weight excluding hydrogens is 500 g/mol. The third-order valence-corrected chi connectivity index (χ3v) is 10.4. The van der Waals surface area contributed by atoms with Crippen LogP contribution in [0.25, 0.3) is 11.3 Å². The largest absolute Gasteiger partial charge is 0.507 e. The van der Waals surface area contributed by atoms with Gasteiger partial charge in [0.05, 0.1) is 17.4 Å². The van der Waals surface area contributed by atoms with Crippen molar-refractivity contribution in [2.24, 2.45) is 5.92 Å². The van der Waals surface area contributed by atoms with Gasteiger partial charge in [0.2, 0.25) is 0 Å². The maximum absolute atomic E-state index is 10.3. The summed E-state index contributed by atoms with van der Waals surface area (Å²) in [6.45, 7) is 12.9. The molecule has 7 rings (SSSR count). The van der Waals surface area contributed by atoms with Crippen molar-refractivity contribution in [2.75, 3.05) is 82.2 Å². The van der Waals surface area contributed by atoms with E-state index >= 15 is 0 Å². The van der Waals surface area contributed by atoms with Gasteiger partial charge in [-0.3, -0.25) is 4.90 Å². The third kappa shape index (κ3) is 5.53. The van der Waals surface area contributed by atoms with Gasteiger partial charge in [-0.2, -0.15) is 0 Å². The molecule has 40 heavy (non-hydrogen) atoms. The minimum atomic E-state index is 0.247. The molecule has 1 atom stereocenters. The van der Waals surface area contributed by atoms with Crippen LogP contribution in [0.3, 0.4) is 0 Å². The van der Waals surface area contributed by atoms with E-state index in [0.717, 1.165) is 80.0 Å². The van der Waals surface area contributed by atoms with Crippen LogP contribution in [0.2, 0.25) is 0 Å². The van der Waals surface area contributed by atoms with E-state index in [-0.39, 0.29) is 5.75 Å². The molecule has 0 spiro atoms. The zero-order valence-corrected chi connectivity index (χ0v) is 23.8. The van der Waals surface area contributed by atoms with Gasteiger partial charge >= 0.3 is 0 Å². The Morgan fingerprint density at radius 1 is 0.800 bits per heavy atom. The van der Waals surface area contributed by atoms with Crippen LogP contribution in [0.5, 0.6) is 5.75 Å². The molecule has 4 aliphatic heterocycles. The molecule has 0 unspecified atom stereocenters. The number of nitrogens with one attached hydrogen (secondary N) is 2. The van der Waals surface area contributed by atoms with Crippen LogP contribution >= 0.6 is 0 Å². The molecule has 0 bridgehead atoms. The maximum atomic E-state index is 10.3. The predicted molar refractivity (Wildman–Crippen MR) is 160 cm³/mol. The fraction of sp³-hybridized carbons (Fsp3) is 0.677. The van der Waals surface area contributed by atoms with Gasteiger partial charge in [-0.15, -0.1) is 10.2 Å². The van der Waals surface area contributed by atoms with E-state index < -0.39 is 0 Å². The summed E-state index contributed by atoms with van der Waals surface area (Å²) < 4.78 is 0. The number of phenolic OH excluding ortho intramolecular Hbond substituents is 1. The molecule has 2 aromatic rings. The molecule has 5 heterocycles. The Morgan fingerprint density at radius 3 is 2.33 bits per heavy atom. The number of likely N-dealkylation sites (tertiary alicyclic amines) is 1. The van der Waals surface area contributed by atoms with Gasteiger partial charge in [0.1, 0.15) is 5.75 Å². The highest BCUT2D eigenvalue weighted by molar-refractivity contribution is 5.76. The molecule has 216 valence electrons. The summed E-state index contributed by atoms with van der Waals surface area (Å²) in [6.07, 6.45) is 8.17. The quantitative estimate of drug-likeness (QED) is 0.524. The number of fused-ring (bicyclic) bond motifs is 3. The maximum Gasteiger partial charge on any atom is 0.172 e. The molecular formula is C31H46N8O. The third-order valence-electron chi connectivity index (χ3n) is 10.4. The lowest BCUT2D eigenvalue weighted by molar-refractivity contribution is 0.0579. The average molecular weight is 547 g/mol. The number of aromatic hydroxyl groups is 1. The normalized spacial score (nSPS) is 29.0. The first kappa shape index (κ1) is 26.4. The van der Waals surface area contributed by atoms with Crippen molar-refractivity contribution in [2.45, 2.75) is 56.7 Å². The molecule has 9 nitrogen and oxygen atoms in total. The first-order valence-corrected chi connectivity index (χ1v) is 15.8. The number of piperazine rings is 2. The fourth-order valence-corrected chi connectivity index (χ4v) is 8.01. The summed E-state index contributed by atoms with van der Waals surface area (Å²) in [4.78, 5) is 10.8.